The lowest BCUT2D eigenvalue weighted by atomic mass is 9.93. The van der Waals surface area contributed by atoms with Crippen LogP contribution in [0.1, 0.15) is 51.9 Å². The van der Waals surface area contributed by atoms with Gasteiger partial charge in [-0.15, -0.1) is 0 Å². The summed E-state index contributed by atoms with van der Waals surface area (Å²) < 4.78 is 54.7. The Kier molecular flexibility index (Phi) is 6.20. The van der Waals surface area contributed by atoms with Gasteiger partial charge in [0, 0.05) is 12.6 Å². The highest BCUT2D eigenvalue weighted by molar-refractivity contribution is 6.12. The fourth-order valence-electron chi connectivity index (χ4n) is 4.72. The highest BCUT2D eigenvalue weighted by atomic mass is 19.4. The summed E-state index contributed by atoms with van der Waals surface area (Å²) in [5.41, 5.74) is -2.56. The normalized spacial score (nSPS) is 19.2. The minimum atomic E-state index is -4.70. The molecule has 1 saturated carbocycles. The van der Waals surface area contributed by atoms with E-state index >= 15 is 0 Å². The van der Waals surface area contributed by atoms with Crippen LogP contribution in [-0.4, -0.2) is 43.8 Å². The Morgan fingerprint density at radius 3 is 2.45 bits per heavy atom. The SMILES string of the molecule is C[C@]1(C(=O)NCc2ccc(F)cc2)Cn2cnc(C(=O)Nc3ccccc3C(F)(F)F)c2C(=O)N1C1CC1. The molecule has 2 N–H and O–H groups in total. The van der Waals surface area contributed by atoms with Crippen LogP contribution in [0.2, 0.25) is 0 Å². The van der Waals surface area contributed by atoms with E-state index in [1.807, 2.05) is 0 Å². The van der Waals surface area contributed by atoms with Crippen LogP contribution >= 0.6 is 0 Å². The maximum Gasteiger partial charge on any atom is 0.418 e. The topological polar surface area (TPSA) is 96.3 Å². The van der Waals surface area contributed by atoms with E-state index < -0.39 is 46.5 Å². The van der Waals surface area contributed by atoms with E-state index in [1.165, 1.54) is 40.1 Å². The Balaban J connectivity index is 1.41. The minimum absolute atomic E-state index is 0.0146. The number of nitrogens with zero attached hydrogens (tertiary/aromatic N) is 3. The molecule has 0 spiro atoms. The van der Waals surface area contributed by atoms with Crippen molar-refractivity contribution in [3.63, 3.8) is 0 Å². The van der Waals surface area contributed by atoms with Gasteiger partial charge < -0.3 is 20.1 Å². The van der Waals surface area contributed by atoms with Crippen LogP contribution in [0.4, 0.5) is 23.2 Å². The van der Waals surface area contributed by atoms with E-state index in [1.54, 1.807) is 19.1 Å². The molecule has 38 heavy (non-hydrogen) atoms. The monoisotopic (exact) mass is 529 g/mol. The fourth-order valence-corrected chi connectivity index (χ4v) is 4.72. The highest BCUT2D eigenvalue weighted by Gasteiger charge is 2.53. The Morgan fingerprint density at radius 2 is 1.79 bits per heavy atom. The van der Waals surface area contributed by atoms with Crippen molar-refractivity contribution in [2.24, 2.45) is 0 Å². The van der Waals surface area contributed by atoms with Crippen LogP contribution in [-0.2, 0) is 24.1 Å². The van der Waals surface area contributed by atoms with E-state index in [2.05, 4.69) is 15.6 Å². The van der Waals surface area contributed by atoms with Crippen LogP contribution < -0.4 is 10.6 Å². The van der Waals surface area contributed by atoms with Gasteiger partial charge in [-0.2, -0.15) is 13.2 Å². The number of carbonyl (C=O) groups is 3. The molecule has 2 aliphatic rings. The summed E-state index contributed by atoms with van der Waals surface area (Å²) in [5, 5.41) is 5.02. The molecular weight excluding hydrogens is 506 g/mol. The summed E-state index contributed by atoms with van der Waals surface area (Å²) in [5.74, 6) is -2.42. The molecule has 2 aromatic carbocycles. The number of imidazole rings is 1. The van der Waals surface area contributed by atoms with Gasteiger partial charge >= 0.3 is 6.18 Å². The quantitative estimate of drug-likeness (QED) is 0.472. The van der Waals surface area contributed by atoms with Crippen LogP contribution in [0.3, 0.4) is 0 Å². The molecule has 3 amide bonds. The van der Waals surface area contributed by atoms with Crippen LogP contribution in [0, 0.1) is 5.82 Å². The molecular formula is C26H23F4N5O3. The van der Waals surface area contributed by atoms with Gasteiger partial charge in [0.1, 0.15) is 17.1 Å². The number of aromatic nitrogens is 2. The van der Waals surface area contributed by atoms with Crippen LogP contribution in [0.25, 0.3) is 0 Å². The van der Waals surface area contributed by atoms with Gasteiger partial charge in [0.25, 0.3) is 11.8 Å². The number of benzene rings is 2. The van der Waals surface area contributed by atoms with Gasteiger partial charge in [0.05, 0.1) is 24.1 Å². The second-order valence-electron chi connectivity index (χ2n) is 9.56. The Labute approximate surface area is 214 Å². The maximum atomic E-state index is 13.7. The highest BCUT2D eigenvalue weighted by Crippen LogP contribution is 2.39. The Hall–Kier alpha value is -4.22. The molecule has 198 valence electrons. The number of hydrogen-bond acceptors (Lipinski definition) is 4. The molecule has 0 bridgehead atoms. The minimum Gasteiger partial charge on any atom is -0.350 e. The number of hydrogen-bond donors (Lipinski definition) is 2. The van der Waals surface area contributed by atoms with E-state index in [0.29, 0.717) is 18.4 Å². The number of amides is 3. The summed E-state index contributed by atoms with van der Waals surface area (Å²) in [6, 6.07) is 9.92. The lowest BCUT2D eigenvalue weighted by Crippen LogP contribution is -2.64. The van der Waals surface area contributed by atoms with E-state index in [0.717, 1.165) is 12.1 Å². The van der Waals surface area contributed by atoms with Gasteiger partial charge in [-0.05, 0) is 49.6 Å². The number of nitrogens with one attached hydrogen (secondary N) is 2. The second-order valence-corrected chi connectivity index (χ2v) is 9.56. The third-order valence-corrected chi connectivity index (χ3v) is 6.73. The molecule has 1 aliphatic heterocycles. The molecule has 12 heteroatoms. The smallest absolute Gasteiger partial charge is 0.350 e. The average molecular weight is 529 g/mol. The van der Waals surface area contributed by atoms with Crippen LogP contribution in [0.5, 0.6) is 0 Å². The molecule has 2 heterocycles. The second kappa shape index (κ2) is 9.26. The lowest BCUT2D eigenvalue weighted by Gasteiger charge is -2.44. The fraction of sp³-hybridized carbons (Fsp3) is 0.308. The lowest BCUT2D eigenvalue weighted by molar-refractivity contribution is -0.137. The zero-order valence-electron chi connectivity index (χ0n) is 20.2. The van der Waals surface area contributed by atoms with Gasteiger partial charge in [-0.3, -0.25) is 14.4 Å². The van der Waals surface area contributed by atoms with E-state index in [-0.39, 0.29) is 30.5 Å². The zero-order chi connectivity index (χ0) is 27.2. The molecule has 1 fully saturated rings. The first-order chi connectivity index (χ1) is 18.0. The summed E-state index contributed by atoms with van der Waals surface area (Å²) in [6.45, 7) is 1.72. The van der Waals surface area contributed by atoms with Gasteiger partial charge in [0.2, 0.25) is 5.91 Å². The standard InChI is InChI=1S/C26H23F4N5O3/c1-25(24(38)31-12-15-6-8-16(27)9-7-15)13-34-14-32-20(21(34)23(37)35(25)17-10-11-17)22(36)33-19-5-3-2-4-18(19)26(28,29)30/h2-9,14,17H,10-13H2,1H3,(H,31,38)(H,33,36)/t25-/m1/s1. The number of fused-ring (bicyclic) bond motifs is 1. The molecule has 1 aromatic heterocycles. The van der Waals surface area contributed by atoms with Crippen molar-refractivity contribution in [3.05, 3.63) is 83.2 Å². The van der Waals surface area contributed by atoms with Crippen molar-refractivity contribution in [1.29, 1.82) is 0 Å². The number of anilines is 1. The number of para-hydroxylation sites is 1. The van der Waals surface area contributed by atoms with Gasteiger partial charge in [-0.25, -0.2) is 9.37 Å². The zero-order valence-corrected chi connectivity index (χ0v) is 20.2. The molecule has 5 rings (SSSR count). The predicted molar refractivity (Wildman–Crippen MR) is 127 cm³/mol. The van der Waals surface area contributed by atoms with E-state index in [4.69, 9.17) is 0 Å². The molecule has 1 atom stereocenters. The third kappa shape index (κ3) is 4.61. The Morgan fingerprint density at radius 1 is 1.11 bits per heavy atom. The molecule has 0 unspecified atom stereocenters. The van der Waals surface area contributed by atoms with Crippen molar-refractivity contribution >= 4 is 23.4 Å². The van der Waals surface area contributed by atoms with Crippen LogP contribution in [0.15, 0.2) is 54.9 Å². The summed E-state index contributed by atoms with van der Waals surface area (Å²) in [4.78, 5) is 45.5. The molecule has 8 nitrogen and oxygen atoms in total. The first-order valence-corrected chi connectivity index (χ1v) is 11.9. The maximum absolute atomic E-state index is 13.7. The van der Waals surface area contributed by atoms with Crippen molar-refractivity contribution in [3.8, 4) is 0 Å². The summed E-state index contributed by atoms with van der Waals surface area (Å²) in [6.07, 6.45) is -2.13. The van der Waals surface area contributed by atoms with E-state index in [9.17, 15) is 31.9 Å². The molecule has 0 saturated heterocycles. The largest absolute Gasteiger partial charge is 0.418 e. The van der Waals surface area contributed by atoms with Gasteiger partial charge in [-0.1, -0.05) is 24.3 Å². The van der Waals surface area contributed by atoms with Gasteiger partial charge in [0.15, 0.2) is 5.69 Å². The first-order valence-electron chi connectivity index (χ1n) is 11.9. The number of rotatable bonds is 6. The summed E-state index contributed by atoms with van der Waals surface area (Å²) >= 11 is 0. The molecule has 0 radical (unpaired) electrons. The molecule has 1 aliphatic carbocycles. The van der Waals surface area contributed by atoms with Crippen molar-refractivity contribution in [2.75, 3.05) is 5.32 Å². The first kappa shape index (κ1) is 25.4. The average Bonchev–Trinajstić information content (AvgIpc) is 3.60. The van der Waals surface area contributed by atoms with Crippen molar-refractivity contribution < 1.29 is 31.9 Å². The van der Waals surface area contributed by atoms with Crippen molar-refractivity contribution in [2.45, 2.75) is 50.6 Å². The molecule has 3 aromatic rings. The predicted octanol–water partition coefficient (Wildman–Crippen LogP) is 3.99. The number of carbonyl (C=O) groups excluding carboxylic acids is 3. The Bertz CT molecular complexity index is 1410. The number of alkyl halides is 3. The number of halogens is 4. The third-order valence-electron chi connectivity index (χ3n) is 6.73. The summed E-state index contributed by atoms with van der Waals surface area (Å²) in [7, 11) is 0. The van der Waals surface area contributed by atoms with Crippen molar-refractivity contribution in [1.82, 2.24) is 19.8 Å².